The second kappa shape index (κ2) is 12.4. The van der Waals surface area contributed by atoms with Crippen molar-refractivity contribution in [1.82, 2.24) is 24.4 Å². The molecule has 0 saturated heterocycles. The molecule has 2 aromatic heterocycles. The van der Waals surface area contributed by atoms with Crippen LogP contribution in [0, 0.1) is 3.57 Å². The molecule has 7 rings (SSSR count). The molecule has 0 saturated carbocycles. The van der Waals surface area contributed by atoms with Crippen LogP contribution in [0.1, 0.15) is 37.3 Å². The van der Waals surface area contributed by atoms with Crippen molar-refractivity contribution in [1.29, 1.82) is 0 Å². The molecule has 230 valence electrons. The van der Waals surface area contributed by atoms with E-state index in [2.05, 4.69) is 56.8 Å². The standard InChI is InChI=1S/C33H31IN6O4S/c1-19(2)39(33(41)42-16-24-22-10-5-3-8-20(22)21-9-4-6-11-23(21)24)12-7-13-40-31-29(30(35)36-17-37-31)38-32(40)45-28-15-27-26(14-25(28)34)43-18-44-27/h3-6,8-11,14-15,17,19,24H,7,12-13,16,18H2,1-2H3,(H2,35,36,37). The molecule has 0 radical (unpaired) electrons. The molecular formula is C33H31IN6O4S. The largest absolute Gasteiger partial charge is 0.454 e. The highest BCUT2D eigenvalue weighted by atomic mass is 127. The number of aromatic nitrogens is 4. The summed E-state index contributed by atoms with van der Waals surface area (Å²) >= 11 is 3.79. The van der Waals surface area contributed by atoms with Gasteiger partial charge in [0, 0.05) is 33.5 Å². The zero-order valence-electron chi connectivity index (χ0n) is 24.8. The van der Waals surface area contributed by atoms with E-state index < -0.39 is 0 Å². The first-order chi connectivity index (χ1) is 21.9. The molecule has 3 heterocycles. The Morgan fingerprint density at radius 2 is 1.78 bits per heavy atom. The molecule has 0 fully saturated rings. The number of fused-ring (bicyclic) bond motifs is 5. The van der Waals surface area contributed by atoms with Crippen molar-refractivity contribution in [2.45, 2.75) is 48.8 Å². The number of carbonyl (C=O) groups is 1. The number of benzene rings is 3. The number of amides is 1. The van der Waals surface area contributed by atoms with Crippen LogP contribution in [0.4, 0.5) is 10.6 Å². The Bertz CT molecular complexity index is 1870. The van der Waals surface area contributed by atoms with E-state index in [0.717, 1.165) is 19.4 Å². The van der Waals surface area contributed by atoms with E-state index in [4.69, 9.17) is 24.9 Å². The highest BCUT2D eigenvalue weighted by molar-refractivity contribution is 14.1. The number of nitrogens with two attached hydrogens (primary N) is 1. The summed E-state index contributed by atoms with van der Waals surface area (Å²) in [5.41, 5.74) is 12.2. The first-order valence-electron chi connectivity index (χ1n) is 14.7. The van der Waals surface area contributed by atoms with Crippen LogP contribution in [0.3, 0.4) is 0 Å². The number of halogens is 1. The molecule has 45 heavy (non-hydrogen) atoms. The van der Waals surface area contributed by atoms with E-state index in [1.165, 1.54) is 40.3 Å². The summed E-state index contributed by atoms with van der Waals surface area (Å²) in [6.45, 7) is 5.57. The SMILES string of the molecule is CC(C)N(CCCn1c(Sc2cc3c(cc2I)OCO3)nc2c(N)ncnc21)C(=O)OCC1c2ccccc2-c2ccccc21. The van der Waals surface area contributed by atoms with E-state index in [1.807, 2.05) is 54.8 Å². The second-order valence-corrected chi connectivity index (χ2v) is 13.3. The molecule has 10 nitrogen and oxygen atoms in total. The third-order valence-electron chi connectivity index (χ3n) is 8.13. The number of ether oxygens (including phenoxy) is 3. The van der Waals surface area contributed by atoms with Gasteiger partial charge in [-0.15, -0.1) is 0 Å². The molecular weight excluding hydrogens is 703 g/mol. The summed E-state index contributed by atoms with van der Waals surface area (Å²) in [5, 5.41) is 0.728. The van der Waals surface area contributed by atoms with Crippen LogP contribution < -0.4 is 15.2 Å². The molecule has 0 spiro atoms. The van der Waals surface area contributed by atoms with Crippen molar-refractivity contribution in [3.05, 3.63) is 81.7 Å². The Morgan fingerprint density at radius 1 is 1.09 bits per heavy atom. The van der Waals surface area contributed by atoms with Crippen LogP contribution in [0.5, 0.6) is 11.5 Å². The van der Waals surface area contributed by atoms with Gasteiger partial charge >= 0.3 is 6.09 Å². The summed E-state index contributed by atoms with van der Waals surface area (Å²) in [6.07, 6.45) is 1.79. The van der Waals surface area contributed by atoms with E-state index >= 15 is 0 Å². The Balaban J connectivity index is 1.07. The number of nitrogens with zero attached hydrogens (tertiary/aromatic N) is 5. The molecule has 0 unspecified atom stereocenters. The molecule has 12 heteroatoms. The Kier molecular flexibility index (Phi) is 8.17. The summed E-state index contributed by atoms with van der Waals surface area (Å²) in [5.74, 6) is 1.77. The third-order valence-corrected chi connectivity index (χ3v) is 10.4. The molecule has 5 aromatic rings. The van der Waals surface area contributed by atoms with Crippen molar-refractivity contribution in [3.8, 4) is 22.6 Å². The zero-order valence-corrected chi connectivity index (χ0v) is 27.7. The van der Waals surface area contributed by atoms with Crippen LogP contribution >= 0.6 is 34.4 Å². The van der Waals surface area contributed by atoms with Crippen LogP contribution in [-0.2, 0) is 11.3 Å². The van der Waals surface area contributed by atoms with Gasteiger partial charge in [0.15, 0.2) is 33.6 Å². The number of rotatable bonds is 9. The molecule has 1 amide bonds. The summed E-state index contributed by atoms with van der Waals surface area (Å²) in [6, 6.07) is 20.6. The maximum absolute atomic E-state index is 13.5. The van der Waals surface area contributed by atoms with E-state index in [9.17, 15) is 4.79 Å². The zero-order chi connectivity index (χ0) is 31.1. The van der Waals surface area contributed by atoms with Gasteiger partial charge in [0.05, 0.1) is 0 Å². The quantitative estimate of drug-likeness (QED) is 0.161. The van der Waals surface area contributed by atoms with Gasteiger partial charge in [-0.2, -0.15) is 0 Å². The maximum Gasteiger partial charge on any atom is 0.410 e. The van der Waals surface area contributed by atoms with Crippen LogP contribution in [0.15, 0.2) is 77.0 Å². The lowest BCUT2D eigenvalue weighted by molar-refractivity contribution is 0.0882. The molecule has 0 bridgehead atoms. The van der Waals surface area contributed by atoms with Crippen LogP contribution in [-0.4, -0.2) is 56.5 Å². The second-order valence-electron chi connectivity index (χ2n) is 11.2. The monoisotopic (exact) mass is 734 g/mol. The highest BCUT2D eigenvalue weighted by Gasteiger charge is 2.30. The van der Waals surface area contributed by atoms with Gasteiger partial charge in [-0.05, 0) is 77.2 Å². The summed E-state index contributed by atoms with van der Waals surface area (Å²) in [4.78, 5) is 29.7. The maximum atomic E-state index is 13.5. The minimum Gasteiger partial charge on any atom is -0.454 e. The van der Waals surface area contributed by atoms with Crippen molar-refractivity contribution in [3.63, 3.8) is 0 Å². The molecule has 3 aromatic carbocycles. The molecule has 1 aliphatic heterocycles. The fraction of sp³-hybridized carbons (Fsp3) is 0.273. The number of nitrogen functional groups attached to an aromatic ring is 1. The molecule has 2 N–H and O–H groups in total. The highest BCUT2D eigenvalue weighted by Crippen LogP contribution is 2.45. The topological polar surface area (TPSA) is 118 Å². The van der Waals surface area contributed by atoms with E-state index in [1.54, 1.807) is 4.90 Å². The summed E-state index contributed by atoms with van der Waals surface area (Å²) < 4.78 is 20.2. The summed E-state index contributed by atoms with van der Waals surface area (Å²) in [7, 11) is 0. The van der Waals surface area contributed by atoms with Crippen LogP contribution in [0.25, 0.3) is 22.3 Å². The molecule has 1 aliphatic carbocycles. The van der Waals surface area contributed by atoms with E-state index in [-0.39, 0.29) is 31.5 Å². The Hall–Kier alpha value is -4.04. The Labute approximate surface area is 278 Å². The number of imidazole rings is 1. The smallest absolute Gasteiger partial charge is 0.410 e. The average molecular weight is 735 g/mol. The lowest BCUT2D eigenvalue weighted by Crippen LogP contribution is -2.39. The number of hydrogen-bond acceptors (Lipinski definition) is 9. The van der Waals surface area contributed by atoms with E-state index in [0.29, 0.717) is 42.2 Å². The van der Waals surface area contributed by atoms with Gasteiger partial charge in [-0.1, -0.05) is 60.3 Å². The average Bonchev–Trinajstić information content (AvgIpc) is 3.73. The fourth-order valence-corrected chi connectivity index (χ4v) is 7.64. The number of carbonyl (C=O) groups excluding carboxylic acids is 1. The lowest BCUT2D eigenvalue weighted by atomic mass is 9.98. The van der Waals surface area contributed by atoms with Crippen molar-refractivity contribution in [2.24, 2.45) is 0 Å². The predicted molar refractivity (Wildman–Crippen MR) is 181 cm³/mol. The van der Waals surface area contributed by atoms with Crippen molar-refractivity contribution >= 4 is 57.4 Å². The fourth-order valence-electron chi connectivity index (χ4n) is 5.92. The van der Waals surface area contributed by atoms with Gasteiger partial charge in [0.2, 0.25) is 6.79 Å². The molecule has 2 aliphatic rings. The van der Waals surface area contributed by atoms with Crippen LogP contribution in [0.2, 0.25) is 0 Å². The van der Waals surface area contributed by atoms with Gasteiger partial charge in [-0.25, -0.2) is 19.7 Å². The number of anilines is 1. The minimum atomic E-state index is -0.321. The van der Waals surface area contributed by atoms with Gasteiger partial charge in [0.25, 0.3) is 0 Å². The first kappa shape index (κ1) is 29.7. The lowest BCUT2D eigenvalue weighted by Gasteiger charge is -2.27. The minimum absolute atomic E-state index is 0.0105. The third kappa shape index (κ3) is 5.65. The van der Waals surface area contributed by atoms with Gasteiger partial charge in [0.1, 0.15) is 12.9 Å². The molecule has 0 atom stereocenters. The Morgan fingerprint density at radius 3 is 2.49 bits per heavy atom. The normalized spacial score (nSPS) is 13.3. The van der Waals surface area contributed by atoms with Gasteiger partial charge < -0.3 is 29.4 Å². The predicted octanol–water partition coefficient (Wildman–Crippen LogP) is 6.94. The van der Waals surface area contributed by atoms with Crippen molar-refractivity contribution in [2.75, 3.05) is 25.7 Å². The number of aryl methyl sites for hydroxylation is 1. The van der Waals surface area contributed by atoms with Crippen molar-refractivity contribution < 1.29 is 19.0 Å². The first-order valence-corrected chi connectivity index (χ1v) is 16.6. The van der Waals surface area contributed by atoms with Gasteiger partial charge in [-0.3, -0.25) is 0 Å². The number of hydrogen-bond donors (Lipinski definition) is 1.